The lowest BCUT2D eigenvalue weighted by atomic mass is 10.2. The van der Waals surface area contributed by atoms with Gasteiger partial charge in [-0.05, 0) is 39.3 Å². The van der Waals surface area contributed by atoms with Gasteiger partial charge in [0, 0.05) is 18.2 Å². The van der Waals surface area contributed by atoms with Crippen LogP contribution in [-0.4, -0.2) is 28.0 Å². The fourth-order valence-electron chi connectivity index (χ4n) is 1.55. The normalized spacial score (nSPS) is 10.8. The maximum Gasteiger partial charge on any atom is 0.418 e. The van der Waals surface area contributed by atoms with E-state index in [-0.39, 0.29) is 6.09 Å². The fraction of sp³-hybridized carbons (Fsp3) is 0.438. The Morgan fingerprint density at radius 2 is 1.85 bits per heavy atom. The number of rotatable bonds is 1. The highest BCUT2D eigenvalue weighted by Crippen LogP contribution is 2.17. The van der Waals surface area contributed by atoms with Gasteiger partial charge in [0.25, 0.3) is 0 Å². The number of fused-ring (bicyclic) bond motifs is 1. The molecule has 4 nitrogen and oxygen atoms in total. The summed E-state index contributed by atoms with van der Waals surface area (Å²) in [6.45, 7) is 7.82. The van der Waals surface area contributed by atoms with Crippen molar-refractivity contribution in [1.29, 1.82) is 0 Å². The Morgan fingerprint density at radius 3 is 2.40 bits per heavy atom. The fourth-order valence-corrected chi connectivity index (χ4v) is 1.55. The molecule has 0 aliphatic carbocycles. The van der Waals surface area contributed by atoms with Gasteiger partial charge in [0.15, 0.2) is 0 Å². The molecular formula is C16H23NO3. The number of aliphatic hydroxyl groups excluding tert-OH is 1. The molecule has 0 atom stereocenters. The number of carbonyl (C=O) groups is 1. The molecule has 0 saturated carbocycles. The number of aliphatic hydroxyl groups is 1. The van der Waals surface area contributed by atoms with Gasteiger partial charge in [-0.15, -0.1) is 0 Å². The number of hydrogen-bond acceptors (Lipinski definition) is 3. The highest BCUT2D eigenvalue weighted by atomic mass is 16.6. The average molecular weight is 277 g/mol. The van der Waals surface area contributed by atoms with Crippen LogP contribution < -0.4 is 0 Å². The molecule has 0 saturated heterocycles. The number of carbonyl (C=O) groups excluding carboxylic acids is 1. The molecule has 2 aromatic rings. The second-order valence-electron chi connectivity index (χ2n) is 5.45. The molecule has 4 heteroatoms. The van der Waals surface area contributed by atoms with E-state index in [1.807, 2.05) is 58.0 Å². The predicted molar refractivity (Wildman–Crippen MR) is 80.9 cm³/mol. The van der Waals surface area contributed by atoms with Crippen molar-refractivity contribution < 1.29 is 14.6 Å². The molecule has 0 bridgehead atoms. The lowest BCUT2D eigenvalue weighted by Gasteiger charge is -2.19. The number of ether oxygens (including phenoxy) is 1. The molecule has 0 aliphatic rings. The zero-order chi connectivity index (χ0) is 15.2. The SMILES string of the molecule is CC(C)(C)OC(=O)n1ccc2ccccc21.CCCO. The van der Waals surface area contributed by atoms with E-state index in [0.717, 1.165) is 17.3 Å². The van der Waals surface area contributed by atoms with Crippen LogP contribution in [0.1, 0.15) is 34.1 Å². The summed E-state index contributed by atoms with van der Waals surface area (Å²) < 4.78 is 6.84. The van der Waals surface area contributed by atoms with Gasteiger partial charge in [-0.1, -0.05) is 25.1 Å². The van der Waals surface area contributed by atoms with E-state index >= 15 is 0 Å². The molecule has 1 N–H and O–H groups in total. The molecule has 0 unspecified atom stereocenters. The summed E-state index contributed by atoms with van der Waals surface area (Å²) in [7, 11) is 0. The van der Waals surface area contributed by atoms with Crippen molar-refractivity contribution in [3.8, 4) is 0 Å². The summed E-state index contributed by atoms with van der Waals surface area (Å²) >= 11 is 0. The Labute approximate surface area is 120 Å². The van der Waals surface area contributed by atoms with Crippen LogP contribution in [0.25, 0.3) is 10.9 Å². The molecule has 110 valence electrons. The van der Waals surface area contributed by atoms with Crippen LogP contribution in [0.2, 0.25) is 0 Å². The number of aromatic nitrogens is 1. The van der Waals surface area contributed by atoms with Crippen LogP contribution in [0.5, 0.6) is 0 Å². The maximum absolute atomic E-state index is 11.9. The quantitative estimate of drug-likeness (QED) is 0.862. The zero-order valence-electron chi connectivity index (χ0n) is 12.6. The minimum atomic E-state index is -0.470. The molecule has 1 heterocycles. The highest BCUT2D eigenvalue weighted by Gasteiger charge is 2.18. The van der Waals surface area contributed by atoms with Crippen molar-refractivity contribution in [2.75, 3.05) is 6.61 Å². The number of para-hydroxylation sites is 1. The van der Waals surface area contributed by atoms with E-state index in [0.29, 0.717) is 6.61 Å². The van der Waals surface area contributed by atoms with Crippen molar-refractivity contribution in [2.24, 2.45) is 0 Å². The summed E-state index contributed by atoms with van der Waals surface area (Å²) in [4.78, 5) is 11.9. The summed E-state index contributed by atoms with van der Waals surface area (Å²) in [5.41, 5.74) is 0.402. The first kappa shape index (κ1) is 16.2. The van der Waals surface area contributed by atoms with Crippen LogP contribution in [-0.2, 0) is 4.74 Å². The first-order valence-electron chi connectivity index (χ1n) is 6.79. The Bertz CT molecular complexity index is 550. The van der Waals surface area contributed by atoms with Gasteiger partial charge in [-0.25, -0.2) is 4.79 Å². The first-order chi connectivity index (χ1) is 9.39. The molecule has 1 aromatic heterocycles. The lowest BCUT2D eigenvalue weighted by molar-refractivity contribution is 0.0544. The smallest absolute Gasteiger partial charge is 0.418 e. The number of hydrogen-bond donors (Lipinski definition) is 1. The summed E-state index contributed by atoms with van der Waals surface area (Å²) in [5.74, 6) is 0. The molecule has 0 radical (unpaired) electrons. The van der Waals surface area contributed by atoms with Crippen molar-refractivity contribution in [3.05, 3.63) is 36.5 Å². The second kappa shape index (κ2) is 7.10. The minimum absolute atomic E-state index is 0.319. The Morgan fingerprint density at radius 1 is 1.25 bits per heavy atom. The van der Waals surface area contributed by atoms with E-state index in [9.17, 15) is 4.79 Å². The van der Waals surface area contributed by atoms with Crippen LogP contribution in [0.15, 0.2) is 36.5 Å². The van der Waals surface area contributed by atoms with Crippen LogP contribution in [0, 0.1) is 0 Å². The van der Waals surface area contributed by atoms with Gasteiger partial charge < -0.3 is 9.84 Å². The Balaban J connectivity index is 0.000000444. The molecular weight excluding hydrogens is 254 g/mol. The summed E-state index contributed by atoms with van der Waals surface area (Å²) in [6, 6.07) is 9.62. The third kappa shape index (κ3) is 4.70. The molecule has 0 amide bonds. The van der Waals surface area contributed by atoms with Crippen LogP contribution in [0.3, 0.4) is 0 Å². The van der Waals surface area contributed by atoms with Crippen molar-refractivity contribution >= 4 is 17.0 Å². The number of benzene rings is 1. The third-order valence-electron chi connectivity index (χ3n) is 2.41. The molecule has 0 spiro atoms. The minimum Gasteiger partial charge on any atom is -0.443 e. The van der Waals surface area contributed by atoms with Gasteiger partial charge in [0.2, 0.25) is 0 Å². The van der Waals surface area contributed by atoms with E-state index in [2.05, 4.69) is 0 Å². The summed E-state index contributed by atoms with van der Waals surface area (Å²) in [5, 5.41) is 8.91. The summed E-state index contributed by atoms with van der Waals surface area (Å²) in [6.07, 6.45) is 2.27. The van der Waals surface area contributed by atoms with Crippen molar-refractivity contribution in [3.63, 3.8) is 0 Å². The lowest BCUT2D eigenvalue weighted by Crippen LogP contribution is -2.26. The van der Waals surface area contributed by atoms with E-state index < -0.39 is 5.60 Å². The average Bonchev–Trinajstić information content (AvgIpc) is 2.81. The van der Waals surface area contributed by atoms with E-state index in [1.165, 1.54) is 4.57 Å². The third-order valence-corrected chi connectivity index (χ3v) is 2.41. The monoisotopic (exact) mass is 277 g/mol. The maximum atomic E-state index is 11.9. The Hall–Kier alpha value is -1.81. The second-order valence-corrected chi connectivity index (χ2v) is 5.45. The largest absolute Gasteiger partial charge is 0.443 e. The molecule has 0 aliphatic heterocycles. The van der Waals surface area contributed by atoms with E-state index in [1.54, 1.807) is 6.20 Å². The van der Waals surface area contributed by atoms with E-state index in [4.69, 9.17) is 9.84 Å². The molecule has 1 aromatic carbocycles. The van der Waals surface area contributed by atoms with Gasteiger partial charge in [0.05, 0.1) is 5.52 Å². The molecule has 0 fully saturated rings. The first-order valence-corrected chi connectivity index (χ1v) is 6.79. The predicted octanol–water partition coefficient (Wildman–Crippen LogP) is 3.81. The Kier molecular flexibility index (Phi) is 5.77. The van der Waals surface area contributed by atoms with Gasteiger partial charge in [-0.2, -0.15) is 0 Å². The van der Waals surface area contributed by atoms with Crippen LogP contribution >= 0.6 is 0 Å². The van der Waals surface area contributed by atoms with Crippen molar-refractivity contribution in [2.45, 2.75) is 39.7 Å². The molecule has 20 heavy (non-hydrogen) atoms. The number of nitrogens with zero attached hydrogens (tertiary/aromatic N) is 1. The topological polar surface area (TPSA) is 51.5 Å². The standard InChI is InChI=1S/C13H15NO2.C3H8O/c1-13(2,3)16-12(15)14-9-8-10-6-4-5-7-11(10)14;1-2-3-4/h4-9H,1-3H3;4H,2-3H2,1H3. The highest BCUT2D eigenvalue weighted by molar-refractivity contribution is 5.89. The molecule has 2 rings (SSSR count). The van der Waals surface area contributed by atoms with Gasteiger partial charge in [-0.3, -0.25) is 4.57 Å². The van der Waals surface area contributed by atoms with Gasteiger partial charge in [0.1, 0.15) is 5.60 Å². The van der Waals surface area contributed by atoms with Crippen LogP contribution in [0.4, 0.5) is 4.79 Å². The van der Waals surface area contributed by atoms with Gasteiger partial charge >= 0.3 is 6.09 Å². The van der Waals surface area contributed by atoms with Crippen molar-refractivity contribution in [1.82, 2.24) is 4.57 Å². The zero-order valence-corrected chi connectivity index (χ0v) is 12.6.